The van der Waals surface area contributed by atoms with Crippen molar-refractivity contribution in [2.24, 2.45) is 0 Å². The standard InChI is InChI=1S/C13H15N5O2/c1-20-11-4-2-3-9(7-11)13-15-17-18(16-13)8-12(19)14-10-5-6-10/h2-4,7,10H,5-6,8H2,1H3,(H,14,19). The number of hydrogen-bond acceptors (Lipinski definition) is 5. The Morgan fingerprint density at radius 3 is 3.10 bits per heavy atom. The Kier molecular flexibility index (Phi) is 3.32. The fourth-order valence-electron chi connectivity index (χ4n) is 1.82. The molecule has 1 aliphatic carbocycles. The highest BCUT2D eigenvalue weighted by Gasteiger charge is 2.23. The molecule has 0 spiro atoms. The zero-order chi connectivity index (χ0) is 13.9. The van der Waals surface area contributed by atoms with Crippen molar-refractivity contribution in [1.82, 2.24) is 25.5 Å². The molecule has 2 aromatic rings. The van der Waals surface area contributed by atoms with Crippen molar-refractivity contribution in [3.63, 3.8) is 0 Å². The van der Waals surface area contributed by atoms with Gasteiger partial charge in [0.15, 0.2) is 0 Å². The summed E-state index contributed by atoms with van der Waals surface area (Å²) in [6, 6.07) is 7.73. The van der Waals surface area contributed by atoms with Crippen molar-refractivity contribution < 1.29 is 9.53 Å². The lowest BCUT2D eigenvalue weighted by molar-refractivity contribution is -0.122. The number of benzene rings is 1. The van der Waals surface area contributed by atoms with Gasteiger partial charge in [-0.3, -0.25) is 4.79 Å². The van der Waals surface area contributed by atoms with Crippen LogP contribution in [0.25, 0.3) is 11.4 Å². The highest BCUT2D eigenvalue weighted by molar-refractivity contribution is 5.76. The molecule has 7 heteroatoms. The molecular weight excluding hydrogens is 258 g/mol. The van der Waals surface area contributed by atoms with Crippen LogP contribution in [-0.4, -0.2) is 39.3 Å². The second kappa shape index (κ2) is 5.28. The van der Waals surface area contributed by atoms with Gasteiger partial charge in [-0.25, -0.2) is 0 Å². The molecule has 0 saturated heterocycles. The Bertz CT molecular complexity index is 621. The quantitative estimate of drug-likeness (QED) is 0.864. The Morgan fingerprint density at radius 2 is 2.35 bits per heavy atom. The van der Waals surface area contributed by atoms with Gasteiger partial charge in [-0.2, -0.15) is 4.80 Å². The van der Waals surface area contributed by atoms with E-state index in [9.17, 15) is 4.79 Å². The molecule has 0 radical (unpaired) electrons. The first-order valence-corrected chi connectivity index (χ1v) is 6.46. The summed E-state index contributed by atoms with van der Waals surface area (Å²) >= 11 is 0. The van der Waals surface area contributed by atoms with Gasteiger partial charge < -0.3 is 10.1 Å². The van der Waals surface area contributed by atoms with Crippen molar-refractivity contribution in [2.75, 3.05) is 7.11 Å². The molecule has 1 aromatic carbocycles. The van der Waals surface area contributed by atoms with E-state index in [1.165, 1.54) is 4.80 Å². The molecule has 3 rings (SSSR count). The number of carbonyl (C=O) groups is 1. The molecule has 0 bridgehead atoms. The van der Waals surface area contributed by atoms with E-state index in [0.717, 1.165) is 24.2 Å². The van der Waals surface area contributed by atoms with Gasteiger partial charge in [0.05, 0.1) is 7.11 Å². The second-order valence-corrected chi connectivity index (χ2v) is 4.72. The SMILES string of the molecule is COc1cccc(-c2nnn(CC(=O)NC3CC3)n2)c1. The second-order valence-electron chi connectivity index (χ2n) is 4.72. The summed E-state index contributed by atoms with van der Waals surface area (Å²) < 4.78 is 5.15. The number of amides is 1. The summed E-state index contributed by atoms with van der Waals surface area (Å²) in [6.07, 6.45) is 2.12. The Labute approximate surface area is 115 Å². The van der Waals surface area contributed by atoms with Gasteiger partial charge in [-0.1, -0.05) is 12.1 Å². The minimum atomic E-state index is -0.0814. The van der Waals surface area contributed by atoms with E-state index in [1.807, 2.05) is 24.3 Å². The minimum Gasteiger partial charge on any atom is -0.497 e. The van der Waals surface area contributed by atoms with Crippen LogP contribution in [0, 0.1) is 0 Å². The van der Waals surface area contributed by atoms with Crippen LogP contribution in [0.3, 0.4) is 0 Å². The molecule has 20 heavy (non-hydrogen) atoms. The lowest BCUT2D eigenvalue weighted by Gasteiger charge is -2.01. The summed E-state index contributed by atoms with van der Waals surface area (Å²) in [6.45, 7) is 0.0907. The first-order chi connectivity index (χ1) is 9.74. The fourth-order valence-corrected chi connectivity index (χ4v) is 1.82. The maximum atomic E-state index is 11.6. The van der Waals surface area contributed by atoms with Crippen molar-refractivity contribution in [1.29, 1.82) is 0 Å². The zero-order valence-electron chi connectivity index (χ0n) is 11.1. The van der Waals surface area contributed by atoms with Crippen molar-refractivity contribution in [3.05, 3.63) is 24.3 Å². The smallest absolute Gasteiger partial charge is 0.243 e. The third-order valence-electron chi connectivity index (χ3n) is 3.01. The number of carbonyl (C=O) groups excluding carboxylic acids is 1. The molecule has 1 aliphatic rings. The highest BCUT2D eigenvalue weighted by Crippen LogP contribution is 2.20. The number of nitrogens with zero attached hydrogens (tertiary/aromatic N) is 4. The van der Waals surface area contributed by atoms with Crippen LogP contribution < -0.4 is 10.1 Å². The molecule has 1 saturated carbocycles. The molecule has 1 aromatic heterocycles. The number of tetrazole rings is 1. The third-order valence-corrected chi connectivity index (χ3v) is 3.01. The molecule has 1 amide bonds. The van der Waals surface area contributed by atoms with Gasteiger partial charge in [0.25, 0.3) is 0 Å². The summed E-state index contributed by atoms with van der Waals surface area (Å²) in [5, 5.41) is 14.9. The van der Waals surface area contributed by atoms with Crippen LogP contribution in [0.4, 0.5) is 0 Å². The van der Waals surface area contributed by atoms with Crippen molar-refractivity contribution in [3.8, 4) is 17.1 Å². The van der Waals surface area contributed by atoms with Gasteiger partial charge >= 0.3 is 0 Å². The van der Waals surface area contributed by atoms with E-state index in [-0.39, 0.29) is 12.5 Å². The van der Waals surface area contributed by atoms with E-state index in [0.29, 0.717) is 11.9 Å². The summed E-state index contributed by atoms with van der Waals surface area (Å²) in [5.41, 5.74) is 0.804. The van der Waals surface area contributed by atoms with E-state index in [2.05, 4.69) is 20.7 Å². The Balaban J connectivity index is 1.70. The zero-order valence-corrected chi connectivity index (χ0v) is 11.1. The van der Waals surface area contributed by atoms with Crippen LogP contribution in [0.15, 0.2) is 24.3 Å². The minimum absolute atomic E-state index is 0.0814. The molecular formula is C13H15N5O2. The van der Waals surface area contributed by atoms with Gasteiger partial charge in [0.2, 0.25) is 11.7 Å². The van der Waals surface area contributed by atoms with E-state index < -0.39 is 0 Å². The fraction of sp³-hybridized carbons (Fsp3) is 0.385. The number of hydrogen-bond donors (Lipinski definition) is 1. The molecule has 0 unspecified atom stereocenters. The Hall–Kier alpha value is -2.44. The third kappa shape index (κ3) is 2.93. The van der Waals surface area contributed by atoms with E-state index in [4.69, 9.17) is 4.74 Å². The maximum absolute atomic E-state index is 11.6. The lowest BCUT2D eigenvalue weighted by atomic mass is 10.2. The summed E-state index contributed by atoms with van der Waals surface area (Å²) in [4.78, 5) is 12.9. The predicted molar refractivity (Wildman–Crippen MR) is 71.0 cm³/mol. The maximum Gasteiger partial charge on any atom is 0.243 e. The van der Waals surface area contributed by atoms with Gasteiger partial charge in [0.1, 0.15) is 12.3 Å². The van der Waals surface area contributed by atoms with Gasteiger partial charge in [-0.15, -0.1) is 10.2 Å². The average Bonchev–Trinajstić information content (AvgIpc) is 3.14. The molecule has 7 nitrogen and oxygen atoms in total. The molecule has 0 atom stereocenters. The molecule has 104 valence electrons. The van der Waals surface area contributed by atoms with E-state index >= 15 is 0 Å². The molecule has 1 heterocycles. The molecule has 1 N–H and O–H groups in total. The van der Waals surface area contributed by atoms with Crippen molar-refractivity contribution >= 4 is 5.91 Å². The summed E-state index contributed by atoms with van der Waals surface area (Å²) in [7, 11) is 1.60. The number of methoxy groups -OCH3 is 1. The van der Waals surface area contributed by atoms with Crippen LogP contribution in [0.5, 0.6) is 5.75 Å². The monoisotopic (exact) mass is 273 g/mol. The number of rotatable bonds is 5. The first-order valence-electron chi connectivity index (χ1n) is 6.46. The first kappa shape index (κ1) is 12.6. The molecule has 0 aliphatic heterocycles. The van der Waals surface area contributed by atoms with Crippen LogP contribution >= 0.6 is 0 Å². The largest absolute Gasteiger partial charge is 0.497 e. The van der Waals surface area contributed by atoms with Crippen molar-refractivity contribution in [2.45, 2.75) is 25.4 Å². The van der Waals surface area contributed by atoms with Crippen LogP contribution in [0.2, 0.25) is 0 Å². The lowest BCUT2D eigenvalue weighted by Crippen LogP contribution is -2.30. The number of nitrogens with one attached hydrogen (secondary N) is 1. The van der Waals surface area contributed by atoms with Crippen LogP contribution in [-0.2, 0) is 11.3 Å². The Morgan fingerprint density at radius 1 is 1.50 bits per heavy atom. The summed E-state index contributed by atoms with van der Waals surface area (Å²) in [5.74, 6) is 1.12. The average molecular weight is 273 g/mol. The normalized spacial score (nSPS) is 14.1. The van der Waals surface area contributed by atoms with Gasteiger partial charge in [0, 0.05) is 11.6 Å². The topological polar surface area (TPSA) is 81.9 Å². The van der Waals surface area contributed by atoms with Crippen LogP contribution in [0.1, 0.15) is 12.8 Å². The highest BCUT2D eigenvalue weighted by atomic mass is 16.5. The number of ether oxygens (including phenoxy) is 1. The van der Waals surface area contributed by atoms with Gasteiger partial charge in [-0.05, 0) is 30.2 Å². The predicted octanol–water partition coefficient (Wildman–Crippen LogP) is 0.627. The number of aromatic nitrogens is 4. The van der Waals surface area contributed by atoms with E-state index in [1.54, 1.807) is 7.11 Å². The molecule has 1 fully saturated rings.